The van der Waals surface area contributed by atoms with E-state index in [1.54, 1.807) is 36.4 Å². The van der Waals surface area contributed by atoms with Crippen molar-refractivity contribution >= 4 is 114 Å². The van der Waals surface area contributed by atoms with E-state index in [0.29, 0.717) is 78.4 Å². The highest BCUT2D eigenvalue weighted by Gasteiger charge is 2.47. The largest absolute Gasteiger partial charge is 0.490 e. The Morgan fingerprint density at radius 1 is 0.780 bits per heavy atom. The minimum Gasteiger partial charge on any atom is -0.382 e. The summed E-state index contributed by atoms with van der Waals surface area (Å²) in [5.74, 6) is 4.83. The lowest BCUT2D eigenvalue weighted by molar-refractivity contribution is -0.438. The number of anilines is 2. The Kier molecular flexibility index (Phi) is 20.2. The molecular formula is C53H62N6O25P3S4+. The van der Waals surface area contributed by atoms with E-state index >= 15 is 0 Å². The maximum Gasteiger partial charge on any atom is 0.490 e. The maximum atomic E-state index is 13.0. The average Bonchev–Trinajstić information content (AvgIpc) is 1.61. The van der Waals surface area contributed by atoms with Gasteiger partial charge in [0.25, 0.3) is 40.5 Å². The number of amides is 1. The molecule has 38 heteroatoms. The van der Waals surface area contributed by atoms with Gasteiger partial charge in [0.15, 0.2) is 5.71 Å². The second kappa shape index (κ2) is 26.0. The third-order valence-corrected chi connectivity index (χ3v) is 22.3. The summed E-state index contributed by atoms with van der Waals surface area (Å²) < 4.78 is 196. The van der Waals surface area contributed by atoms with Gasteiger partial charge in [-0.25, -0.2) is 18.5 Å². The number of unbranched alkanes of at least 4 members (excludes halogenated alkanes) is 2. The number of ether oxygens (including phenoxy) is 1. The second-order valence-corrected chi connectivity index (χ2v) is 32.0. The molecule has 11 N–H and O–H groups in total. The van der Waals surface area contributed by atoms with E-state index in [0.717, 1.165) is 16.7 Å². The molecule has 1 fully saturated rings. The number of rotatable bonds is 23. The molecule has 4 atom stereocenters. The third kappa shape index (κ3) is 15.9. The molecule has 1 aromatic heterocycles. The van der Waals surface area contributed by atoms with Gasteiger partial charge < -0.3 is 40.3 Å². The molecule has 492 valence electrons. The van der Waals surface area contributed by atoms with Crippen LogP contribution in [0.5, 0.6) is 0 Å². The van der Waals surface area contributed by atoms with Crippen molar-refractivity contribution in [3.05, 3.63) is 118 Å². The molecule has 0 spiro atoms. The molecule has 3 aliphatic heterocycles. The van der Waals surface area contributed by atoms with Crippen LogP contribution in [-0.2, 0) is 87.7 Å². The molecule has 0 radical (unpaired) electrons. The van der Waals surface area contributed by atoms with Crippen LogP contribution < -0.4 is 21.6 Å². The number of nitrogens with one attached hydrogen (secondary N) is 1. The van der Waals surface area contributed by atoms with Crippen LogP contribution in [0.1, 0.15) is 96.1 Å². The molecule has 0 saturated carbocycles. The molecule has 0 aliphatic carbocycles. The lowest BCUT2D eigenvalue weighted by atomic mass is 9.79. The predicted octanol–water partition coefficient (Wildman–Crippen LogP) is 6.06. The van der Waals surface area contributed by atoms with E-state index in [-0.39, 0.29) is 64.6 Å². The zero-order chi connectivity index (χ0) is 67.4. The van der Waals surface area contributed by atoms with Gasteiger partial charge in [0.2, 0.25) is 11.6 Å². The van der Waals surface area contributed by atoms with Crippen molar-refractivity contribution in [1.82, 2.24) is 14.9 Å². The van der Waals surface area contributed by atoms with Gasteiger partial charge in [-0.2, -0.15) is 51.9 Å². The van der Waals surface area contributed by atoms with Gasteiger partial charge >= 0.3 is 29.2 Å². The summed E-state index contributed by atoms with van der Waals surface area (Å²) in [5.41, 5.74) is 6.69. The average molecular weight is 1400 g/mol. The van der Waals surface area contributed by atoms with Gasteiger partial charge in [0.05, 0.1) is 40.0 Å². The summed E-state index contributed by atoms with van der Waals surface area (Å²) in [5, 5.41) is 2.95. The Bertz CT molecular complexity index is 4740. The number of allylic oxidation sites excluding steroid dienone is 6. The van der Waals surface area contributed by atoms with Crippen LogP contribution in [0.25, 0.3) is 21.5 Å². The van der Waals surface area contributed by atoms with Crippen LogP contribution in [0, 0.1) is 11.8 Å². The Labute approximate surface area is 521 Å². The molecule has 4 unspecified atom stereocenters. The number of nitrogen functional groups attached to an aromatic ring is 1. The molecule has 4 aromatic carbocycles. The van der Waals surface area contributed by atoms with E-state index in [4.69, 9.17) is 20.3 Å². The molecule has 4 heterocycles. The highest BCUT2D eigenvalue weighted by Crippen LogP contribution is 2.66. The lowest BCUT2D eigenvalue weighted by Gasteiger charge is -2.26. The second-order valence-electron chi connectivity index (χ2n) is 22.0. The van der Waals surface area contributed by atoms with Gasteiger partial charge in [0.1, 0.15) is 28.4 Å². The highest BCUT2D eigenvalue weighted by atomic mass is 32.2. The van der Waals surface area contributed by atoms with Crippen molar-refractivity contribution in [2.24, 2.45) is 0 Å². The Morgan fingerprint density at radius 2 is 1.38 bits per heavy atom. The van der Waals surface area contributed by atoms with E-state index in [1.807, 2.05) is 50.2 Å². The van der Waals surface area contributed by atoms with Gasteiger partial charge in [-0.3, -0.25) is 32.1 Å². The molecule has 8 rings (SSSR count). The summed E-state index contributed by atoms with van der Waals surface area (Å²) in [6.07, 6.45) is 9.64. The number of carbonyl (C=O) groups excluding carboxylic acids is 1. The number of nitrogens with two attached hydrogens (primary N) is 1. The minimum atomic E-state index is -5.76. The van der Waals surface area contributed by atoms with Gasteiger partial charge in [-0.1, -0.05) is 50.0 Å². The monoisotopic (exact) mass is 1400 g/mol. The number of phosphoric ester groups is 1. The van der Waals surface area contributed by atoms with Crippen LogP contribution in [0.15, 0.2) is 115 Å². The summed E-state index contributed by atoms with van der Waals surface area (Å²) in [4.78, 5) is 65.2. The molecule has 3 aliphatic rings. The number of benzene rings is 4. The number of aromatic nitrogens is 2. The van der Waals surface area contributed by atoms with Crippen LogP contribution in [-0.4, -0.2) is 130 Å². The van der Waals surface area contributed by atoms with Crippen molar-refractivity contribution in [1.29, 1.82) is 0 Å². The molecule has 91 heavy (non-hydrogen) atoms. The number of likely N-dealkylation sites (N-methyl/N-ethyl adjacent to an activating group) is 1. The van der Waals surface area contributed by atoms with Crippen LogP contribution in [0.4, 0.5) is 17.2 Å². The topological polar surface area (TPSA) is 483 Å². The van der Waals surface area contributed by atoms with E-state index < -0.39 is 119 Å². The fraction of sp³-hybridized carbons (Fsp3) is 0.358. The number of hydrogen-bond acceptors (Lipinski definition) is 20. The van der Waals surface area contributed by atoms with Crippen LogP contribution >= 0.6 is 23.5 Å². The fourth-order valence-corrected chi connectivity index (χ4v) is 17.1. The third-order valence-electron chi connectivity index (χ3n) is 15.1. The number of hydrogen-bond donors (Lipinski definition) is 10. The van der Waals surface area contributed by atoms with E-state index in [2.05, 4.69) is 35.3 Å². The van der Waals surface area contributed by atoms with Crippen molar-refractivity contribution in [2.45, 2.75) is 116 Å². The zero-order valence-electron chi connectivity index (χ0n) is 48.7. The lowest BCUT2D eigenvalue weighted by Crippen LogP contribution is -2.29. The van der Waals surface area contributed by atoms with Crippen molar-refractivity contribution in [3.63, 3.8) is 0 Å². The SMILES string of the molecule is CCN1/C(=C/C=C/C=C/C2=[N+](CCCCCC(=O)NCC#Cc3cn(C4CCC(COP(=O)(O)OP(=O)(O)OP(=O)(O)O)O4)c(=O)nc3N)c3ccc4c(S(=O)(=O)O)cc(S(=O)(=O)O)cc4c3C2(C)C)C(C)(C)c2c1ccc1c(S(=O)(=O)O)cc(S(=O)(=O)O)cc21. The number of carbonyl (C=O) groups is 1. The number of fused-ring (bicyclic) bond motifs is 6. The summed E-state index contributed by atoms with van der Waals surface area (Å²) in [7, 11) is -36.8. The van der Waals surface area contributed by atoms with E-state index in [1.165, 1.54) is 18.3 Å². The van der Waals surface area contributed by atoms with Crippen LogP contribution in [0.2, 0.25) is 0 Å². The summed E-state index contributed by atoms with van der Waals surface area (Å²) in [6.45, 7) is 9.00. The molecular weight excluding hydrogens is 1340 g/mol. The number of phosphoric acid groups is 3. The molecule has 1 saturated heterocycles. The smallest absolute Gasteiger partial charge is 0.382 e. The summed E-state index contributed by atoms with van der Waals surface area (Å²) >= 11 is 0. The molecule has 5 aromatic rings. The number of nitrogens with zero attached hydrogens (tertiary/aromatic N) is 4. The molecule has 31 nitrogen and oxygen atoms in total. The van der Waals surface area contributed by atoms with Crippen molar-refractivity contribution < 1.29 is 112 Å². The van der Waals surface area contributed by atoms with E-state index in [9.17, 15) is 85.0 Å². The quantitative estimate of drug-likeness (QED) is 0.00887. The first kappa shape index (κ1) is 70.7. The Morgan fingerprint density at radius 3 is 1.97 bits per heavy atom. The van der Waals surface area contributed by atoms with Gasteiger partial charge in [-0.05, 0) is 105 Å². The first-order chi connectivity index (χ1) is 41.9. The Hall–Kier alpha value is -6.19. The minimum absolute atomic E-state index is 0.0230. The molecule has 0 bridgehead atoms. The van der Waals surface area contributed by atoms with Crippen LogP contribution in [0.3, 0.4) is 0 Å². The fourth-order valence-electron chi connectivity index (χ4n) is 11.3. The van der Waals surface area contributed by atoms with Gasteiger partial charge in [-0.15, -0.1) is 0 Å². The normalized spacial score (nSPS) is 19.5. The first-order valence-corrected chi connectivity index (χ1v) is 37.4. The summed E-state index contributed by atoms with van der Waals surface area (Å²) in [6, 6.07) is 9.78. The molecule has 1 amide bonds. The van der Waals surface area contributed by atoms with Crippen molar-refractivity contribution in [2.75, 3.05) is 36.9 Å². The standard InChI is InChI=1S/C53H61N6O25P3S4/c1-6-57-40-21-19-36-38(26-34(88(69,70)71)28-42(36)90(75,76)77)48(40)52(2,3)44(57)15-9-7-10-16-45-53(4,5)49-39-27-35(89(72,73)74)29-43(91(78,79)80)37(39)20-22-41(49)58(45)25-12-8-11-17-46(60)55-24-13-14-32-30-59(51(61)56-50(32)54)47-23-18-33(82-47)31-81-86(65,66)84-87(67,68)83-85(62,63)64/h7,9-10,15-16,19-22,26-30,33,47H,6,8,11-12,17-18,23-25,31H2,1-5H3,(H10-,54,55,56,60,61,62,63,64,65,66,67,68,69,70,71,72,73,74,75,76,77,78,79,80)/p+1. The Balaban J connectivity index is 0.976. The maximum absolute atomic E-state index is 13.0. The van der Waals surface area contributed by atoms with Gasteiger partial charge in [0, 0.05) is 70.9 Å². The van der Waals surface area contributed by atoms with Crippen molar-refractivity contribution in [3.8, 4) is 11.8 Å². The zero-order valence-corrected chi connectivity index (χ0v) is 54.6. The highest BCUT2D eigenvalue weighted by molar-refractivity contribution is 7.87. The first-order valence-electron chi connectivity index (χ1n) is 27.1. The predicted molar refractivity (Wildman–Crippen MR) is 327 cm³/mol.